The summed E-state index contributed by atoms with van der Waals surface area (Å²) >= 11 is 1.63. The van der Waals surface area contributed by atoms with Gasteiger partial charge in [-0.25, -0.2) is 14.6 Å². The summed E-state index contributed by atoms with van der Waals surface area (Å²) in [5.74, 6) is 0.875. The second-order valence-electron chi connectivity index (χ2n) is 8.11. The van der Waals surface area contributed by atoms with E-state index in [0.29, 0.717) is 24.8 Å². The Balaban J connectivity index is 1.58. The van der Waals surface area contributed by atoms with Gasteiger partial charge in [0.05, 0.1) is 18.1 Å². The summed E-state index contributed by atoms with van der Waals surface area (Å²) in [5, 5.41) is 12.9. The molecule has 3 rings (SSSR count). The van der Waals surface area contributed by atoms with Gasteiger partial charge in [0.15, 0.2) is 10.8 Å². The van der Waals surface area contributed by atoms with Crippen LogP contribution in [-0.2, 0) is 17.8 Å². The van der Waals surface area contributed by atoms with Crippen LogP contribution in [0.1, 0.15) is 46.1 Å². The second-order valence-corrected chi connectivity index (χ2v) is 9.66. The van der Waals surface area contributed by atoms with E-state index in [1.54, 1.807) is 18.0 Å². The lowest BCUT2D eigenvalue weighted by molar-refractivity contribution is -0.121. The molecule has 0 unspecified atom stereocenters. The van der Waals surface area contributed by atoms with Crippen LogP contribution in [0.25, 0.3) is 11.0 Å². The zero-order chi connectivity index (χ0) is 22.2. The quantitative estimate of drug-likeness (QED) is 0.342. The molecular formula is C23H32N6OS. The van der Waals surface area contributed by atoms with Gasteiger partial charge >= 0.3 is 0 Å². The predicted molar refractivity (Wildman–Crippen MR) is 127 cm³/mol. The Bertz CT molecular complexity index is 986. The van der Waals surface area contributed by atoms with Gasteiger partial charge in [-0.1, -0.05) is 55.9 Å². The molecule has 0 fully saturated rings. The first-order chi connectivity index (χ1) is 14.9. The molecule has 0 spiro atoms. The van der Waals surface area contributed by atoms with E-state index in [1.165, 1.54) is 5.56 Å². The van der Waals surface area contributed by atoms with Gasteiger partial charge in [0, 0.05) is 24.3 Å². The summed E-state index contributed by atoms with van der Waals surface area (Å²) in [7, 11) is 0. The number of anilines is 1. The van der Waals surface area contributed by atoms with Crippen LogP contribution < -0.4 is 10.6 Å². The predicted octanol–water partition coefficient (Wildman–Crippen LogP) is 4.29. The minimum atomic E-state index is 0.0697. The third-order valence-corrected chi connectivity index (χ3v) is 5.46. The first-order valence-electron chi connectivity index (χ1n) is 10.9. The van der Waals surface area contributed by atoms with E-state index in [2.05, 4.69) is 60.5 Å². The van der Waals surface area contributed by atoms with E-state index < -0.39 is 0 Å². The number of rotatable bonds is 11. The van der Waals surface area contributed by atoms with Gasteiger partial charge in [0.1, 0.15) is 5.82 Å². The third kappa shape index (κ3) is 6.95. The highest BCUT2D eigenvalue weighted by molar-refractivity contribution is 7.99. The molecule has 0 aliphatic heterocycles. The number of thioether (sulfide) groups is 1. The Morgan fingerprint density at radius 2 is 1.90 bits per heavy atom. The van der Waals surface area contributed by atoms with Crippen molar-refractivity contribution < 1.29 is 4.79 Å². The largest absolute Gasteiger partial charge is 0.367 e. The van der Waals surface area contributed by atoms with Crippen LogP contribution in [0.5, 0.6) is 0 Å². The average Bonchev–Trinajstić information content (AvgIpc) is 3.11. The summed E-state index contributed by atoms with van der Waals surface area (Å²) < 4.78 is 1.84. The van der Waals surface area contributed by atoms with Crippen LogP contribution >= 0.6 is 11.8 Å². The third-order valence-electron chi connectivity index (χ3n) is 4.60. The number of benzene rings is 1. The van der Waals surface area contributed by atoms with Crippen molar-refractivity contribution >= 4 is 34.5 Å². The second kappa shape index (κ2) is 11.1. The number of aromatic nitrogens is 4. The molecule has 7 nitrogen and oxygen atoms in total. The van der Waals surface area contributed by atoms with Gasteiger partial charge in [-0.2, -0.15) is 5.10 Å². The molecule has 0 aliphatic carbocycles. The highest BCUT2D eigenvalue weighted by Crippen LogP contribution is 2.26. The minimum Gasteiger partial charge on any atom is -0.367 e. The molecule has 3 aromatic rings. The fourth-order valence-electron chi connectivity index (χ4n) is 3.23. The number of nitrogens with zero attached hydrogens (tertiary/aromatic N) is 4. The fourth-order valence-corrected chi connectivity index (χ4v) is 3.94. The van der Waals surface area contributed by atoms with Crippen LogP contribution in [0.4, 0.5) is 5.82 Å². The normalized spacial score (nSPS) is 11.4. The topological polar surface area (TPSA) is 84.7 Å². The Morgan fingerprint density at radius 1 is 1.13 bits per heavy atom. The van der Waals surface area contributed by atoms with E-state index in [-0.39, 0.29) is 11.9 Å². The molecule has 8 heteroatoms. The van der Waals surface area contributed by atoms with Gasteiger partial charge < -0.3 is 10.6 Å². The molecule has 2 N–H and O–H groups in total. The Morgan fingerprint density at radius 3 is 2.61 bits per heavy atom. The molecule has 1 aromatic carbocycles. The molecule has 0 aliphatic rings. The van der Waals surface area contributed by atoms with E-state index >= 15 is 0 Å². The lowest BCUT2D eigenvalue weighted by Gasteiger charge is -2.12. The molecule has 2 heterocycles. The molecule has 0 bridgehead atoms. The molecule has 1 amide bonds. The highest BCUT2D eigenvalue weighted by atomic mass is 32.2. The Hall–Kier alpha value is -2.61. The van der Waals surface area contributed by atoms with Crippen molar-refractivity contribution in [3.63, 3.8) is 0 Å². The van der Waals surface area contributed by atoms with E-state index in [4.69, 9.17) is 4.98 Å². The number of hydrogen-bond acceptors (Lipinski definition) is 6. The average molecular weight is 441 g/mol. The van der Waals surface area contributed by atoms with Crippen molar-refractivity contribution in [1.29, 1.82) is 0 Å². The standard InChI is InChI=1S/C23H32N6OS/c1-16(2)26-21-19-15-25-29(22(19)28-23(27-21)31-17(3)4)14-13-24-20(30)12-8-11-18-9-6-5-7-10-18/h5-7,9-10,15-17H,8,11-14H2,1-4H3,(H,24,30)(H,26,27,28). The first kappa shape index (κ1) is 23.1. The maximum atomic E-state index is 12.2. The smallest absolute Gasteiger partial charge is 0.220 e. The zero-order valence-corrected chi connectivity index (χ0v) is 19.6. The van der Waals surface area contributed by atoms with Crippen LogP contribution in [0.3, 0.4) is 0 Å². The molecule has 31 heavy (non-hydrogen) atoms. The number of hydrogen-bond donors (Lipinski definition) is 2. The lowest BCUT2D eigenvalue weighted by Crippen LogP contribution is -2.27. The molecule has 2 aromatic heterocycles. The monoisotopic (exact) mass is 440 g/mol. The van der Waals surface area contributed by atoms with Crippen molar-refractivity contribution in [2.75, 3.05) is 11.9 Å². The molecule has 166 valence electrons. The molecule has 0 saturated heterocycles. The van der Waals surface area contributed by atoms with Crippen molar-refractivity contribution in [2.24, 2.45) is 0 Å². The summed E-state index contributed by atoms with van der Waals surface area (Å²) in [5.41, 5.74) is 2.05. The van der Waals surface area contributed by atoms with E-state index in [1.807, 2.05) is 22.9 Å². The summed E-state index contributed by atoms with van der Waals surface area (Å²) in [6, 6.07) is 10.5. The Labute approximate surface area is 188 Å². The number of amides is 1. The van der Waals surface area contributed by atoms with Gasteiger partial charge in [-0.3, -0.25) is 4.79 Å². The number of carbonyl (C=O) groups excluding carboxylic acids is 1. The fraction of sp³-hybridized carbons (Fsp3) is 0.478. The van der Waals surface area contributed by atoms with Gasteiger partial charge in [-0.15, -0.1) is 0 Å². The van der Waals surface area contributed by atoms with Gasteiger partial charge in [0.25, 0.3) is 0 Å². The van der Waals surface area contributed by atoms with E-state index in [0.717, 1.165) is 34.8 Å². The number of carbonyl (C=O) groups is 1. The van der Waals surface area contributed by atoms with Crippen LogP contribution in [0, 0.1) is 0 Å². The van der Waals surface area contributed by atoms with Crippen LogP contribution in [0.2, 0.25) is 0 Å². The van der Waals surface area contributed by atoms with Gasteiger partial charge in [-0.05, 0) is 32.3 Å². The van der Waals surface area contributed by atoms with Crippen LogP contribution in [0.15, 0.2) is 41.7 Å². The van der Waals surface area contributed by atoms with E-state index in [9.17, 15) is 4.79 Å². The maximum Gasteiger partial charge on any atom is 0.220 e. The summed E-state index contributed by atoms with van der Waals surface area (Å²) in [6.07, 6.45) is 4.07. The number of fused-ring (bicyclic) bond motifs is 1. The van der Waals surface area contributed by atoms with Crippen molar-refractivity contribution in [1.82, 2.24) is 25.1 Å². The Kier molecular flexibility index (Phi) is 8.28. The van der Waals surface area contributed by atoms with Gasteiger partial charge in [0.2, 0.25) is 5.91 Å². The van der Waals surface area contributed by atoms with Crippen molar-refractivity contribution in [3.05, 3.63) is 42.1 Å². The van der Waals surface area contributed by atoms with Crippen LogP contribution in [-0.4, -0.2) is 43.5 Å². The molecule has 0 radical (unpaired) electrons. The molecule has 0 atom stereocenters. The van der Waals surface area contributed by atoms with Crippen molar-refractivity contribution in [2.45, 2.75) is 70.0 Å². The lowest BCUT2D eigenvalue weighted by atomic mass is 10.1. The summed E-state index contributed by atoms with van der Waals surface area (Å²) in [6.45, 7) is 9.50. The molecular weight excluding hydrogens is 408 g/mol. The van der Waals surface area contributed by atoms with Crippen molar-refractivity contribution in [3.8, 4) is 0 Å². The number of aryl methyl sites for hydroxylation is 1. The number of nitrogens with one attached hydrogen (secondary N) is 2. The minimum absolute atomic E-state index is 0.0697. The highest BCUT2D eigenvalue weighted by Gasteiger charge is 2.15. The maximum absolute atomic E-state index is 12.2. The first-order valence-corrected chi connectivity index (χ1v) is 11.8. The summed E-state index contributed by atoms with van der Waals surface area (Å²) in [4.78, 5) is 21.6. The zero-order valence-electron chi connectivity index (χ0n) is 18.8. The molecule has 0 saturated carbocycles. The SMILES string of the molecule is CC(C)Nc1nc(SC(C)C)nc2c1cnn2CCNC(=O)CCCc1ccccc1.